The van der Waals surface area contributed by atoms with Crippen molar-refractivity contribution in [3.8, 4) is 11.5 Å². The fourth-order valence-corrected chi connectivity index (χ4v) is 2.54. The molecule has 0 amide bonds. The Morgan fingerprint density at radius 2 is 2.06 bits per heavy atom. The van der Waals surface area contributed by atoms with E-state index in [0.717, 1.165) is 36.6 Å². The van der Waals surface area contributed by atoms with Gasteiger partial charge in [-0.1, -0.05) is 0 Å². The second-order valence-corrected chi connectivity index (χ2v) is 4.53. The summed E-state index contributed by atoms with van der Waals surface area (Å²) in [6.45, 7) is 2.59. The fourth-order valence-electron chi connectivity index (χ4n) is 2.54. The lowest BCUT2D eigenvalue weighted by molar-refractivity contribution is 0.181. The first-order valence-corrected chi connectivity index (χ1v) is 6.24. The molecule has 1 atom stereocenters. The van der Waals surface area contributed by atoms with E-state index in [-0.39, 0.29) is 0 Å². The molecule has 18 heavy (non-hydrogen) atoms. The Labute approximate surface area is 108 Å². The summed E-state index contributed by atoms with van der Waals surface area (Å²) in [5, 5.41) is 3.38. The minimum Gasteiger partial charge on any atom is -0.497 e. The molecular formula is C14H21NO3. The highest BCUT2D eigenvalue weighted by molar-refractivity contribution is 5.49. The number of rotatable bonds is 5. The molecule has 0 aromatic heterocycles. The summed E-state index contributed by atoms with van der Waals surface area (Å²) < 4.78 is 16.2. The zero-order valence-electron chi connectivity index (χ0n) is 11.3. The third-order valence-corrected chi connectivity index (χ3v) is 3.41. The van der Waals surface area contributed by atoms with Gasteiger partial charge in [-0.25, -0.2) is 0 Å². The van der Waals surface area contributed by atoms with Crippen LogP contribution < -0.4 is 14.8 Å². The zero-order chi connectivity index (χ0) is 13.0. The molecule has 0 bridgehead atoms. The molecule has 1 fully saturated rings. The van der Waals surface area contributed by atoms with Crippen molar-refractivity contribution >= 4 is 0 Å². The number of benzene rings is 1. The standard InChI is InChI=1S/C14H21NO3/c1-16-9-11-6-12(17-2)7-13(14(11)18-3)10-4-5-15-8-10/h6-7,10,15H,4-5,8-9H2,1-3H3. The van der Waals surface area contributed by atoms with Crippen molar-refractivity contribution in [3.05, 3.63) is 23.3 Å². The molecule has 1 heterocycles. The lowest BCUT2D eigenvalue weighted by Crippen LogP contribution is -2.10. The summed E-state index contributed by atoms with van der Waals surface area (Å²) in [5.74, 6) is 2.29. The van der Waals surface area contributed by atoms with Gasteiger partial charge in [0.15, 0.2) is 0 Å². The summed E-state index contributed by atoms with van der Waals surface area (Å²) >= 11 is 0. The lowest BCUT2D eigenvalue weighted by atomic mass is 9.95. The molecule has 0 spiro atoms. The Kier molecular flexibility index (Phi) is 4.44. The van der Waals surface area contributed by atoms with Crippen molar-refractivity contribution in [1.82, 2.24) is 5.32 Å². The predicted octanol–water partition coefficient (Wildman–Crippen LogP) is 1.93. The van der Waals surface area contributed by atoms with Gasteiger partial charge in [-0.05, 0) is 25.1 Å². The molecule has 1 aliphatic heterocycles. The normalized spacial score (nSPS) is 18.9. The van der Waals surface area contributed by atoms with Gasteiger partial charge in [0.05, 0.1) is 20.8 Å². The quantitative estimate of drug-likeness (QED) is 0.868. The topological polar surface area (TPSA) is 39.7 Å². The van der Waals surface area contributed by atoms with E-state index in [1.54, 1.807) is 21.3 Å². The number of ether oxygens (including phenoxy) is 3. The first-order valence-electron chi connectivity index (χ1n) is 6.24. The summed E-state index contributed by atoms with van der Waals surface area (Å²) in [7, 11) is 5.09. The van der Waals surface area contributed by atoms with Gasteiger partial charge in [-0.3, -0.25) is 0 Å². The molecule has 1 N–H and O–H groups in total. The van der Waals surface area contributed by atoms with Crippen LogP contribution in [0, 0.1) is 0 Å². The first-order chi connectivity index (χ1) is 8.80. The molecule has 1 aliphatic rings. The number of hydrogen-bond acceptors (Lipinski definition) is 4. The summed E-state index contributed by atoms with van der Waals surface area (Å²) in [6, 6.07) is 4.06. The number of nitrogens with one attached hydrogen (secondary N) is 1. The van der Waals surface area contributed by atoms with Gasteiger partial charge in [0.2, 0.25) is 0 Å². The van der Waals surface area contributed by atoms with Crippen LogP contribution in [0.4, 0.5) is 0 Å². The molecule has 0 saturated carbocycles. The van der Waals surface area contributed by atoms with Gasteiger partial charge in [0.25, 0.3) is 0 Å². The van der Waals surface area contributed by atoms with E-state index < -0.39 is 0 Å². The van der Waals surface area contributed by atoms with E-state index in [0.29, 0.717) is 12.5 Å². The number of hydrogen-bond donors (Lipinski definition) is 1. The van der Waals surface area contributed by atoms with Crippen molar-refractivity contribution in [1.29, 1.82) is 0 Å². The van der Waals surface area contributed by atoms with Gasteiger partial charge in [-0.15, -0.1) is 0 Å². The van der Waals surface area contributed by atoms with Gasteiger partial charge in [-0.2, -0.15) is 0 Å². The van der Waals surface area contributed by atoms with Crippen LogP contribution in [0.25, 0.3) is 0 Å². The van der Waals surface area contributed by atoms with Gasteiger partial charge >= 0.3 is 0 Å². The Morgan fingerprint density at radius 3 is 2.61 bits per heavy atom. The van der Waals surface area contributed by atoms with E-state index in [4.69, 9.17) is 14.2 Å². The van der Waals surface area contributed by atoms with Gasteiger partial charge < -0.3 is 19.5 Å². The maximum atomic E-state index is 5.58. The van der Waals surface area contributed by atoms with E-state index in [2.05, 4.69) is 11.4 Å². The van der Waals surface area contributed by atoms with E-state index in [1.807, 2.05) is 6.07 Å². The van der Waals surface area contributed by atoms with Crippen LogP contribution in [-0.2, 0) is 11.3 Å². The highest BCUT2D eigenvalue weighted by Gasteiger charge is 2.23. The minimum atomic E-state index is 0.491. The average Bonchev–Trinajstić information content (AvgIpc) is 2.92. The number of methoxy groups -OCH3 is 3. The van der Waals surface area contributed by atoms with Crippen molar-refractivity contribution < 1.29 is 14.2 Å². The Morgan fingerprint density at radius 1 is 1.22 bits per heavy atom. The van der Waals surface area contributed by atoms with Crippen LogP contribution in [-0.4, -0.2) is 34.4 Å². The Hall–Kier alpha value is -1.26. The van der Waals surface area contributed by atoms with Crippen molar-refractivity contribution in [3.63, 3.8) is 0 Å². The third kappa shape index (κ3) is 2.60. The molecule has 2 rings (SSSR count). The smallest absolute Gasteiger partial charge is 0.128 e. The minimum absolute atomic E-state index is 0.491. The molecule has 0 aliphatic carbocycles. The van der Waals surface area contributed by atoms with Crippen molar-refractivity contribution in [2.45, 2.75) is 18.9 Å². The average molecular weight is 251 g/mol. The van der Waals surface area contributed by atoms with Crippen LogP contribution in [0.15, 0.2) is 12.1 Å². The zero-order valence-corrected chi connectivity index (χ0v) is 11.3. The van der Waals surface area contributed by atoms with Gasteiger partial charge in [0.1, 0.15) is 11.5 Å². The first kappa shape index (κ1) is 13.2. The highest BCUT2D eigenvalue weighted by Crippen LogP contribution is 2.37. The fraction of sp³-hybridized carbons (Fsp3) is 0.571. The Balaban J connectivity index is 2.43. The molecule has 1 aromatic carbocycles. The van der Waals surface area contributed by atoms with E-state index in [1.165, 1.54) is 5.56 Å². The SMILES string of the molecule is COCc1cc(OC)cc(C2CCNC2)c1OC. The molecule has 1 aromatic rings. The second-order valence-electron chi connectivity index (χ2n) is 4.53. The maximum Gasteiger partial charge on any atom is 0.128 e. The van der Waals surface area contributed by atoms with E-state index in [9.17, 15) is 0 Å². The summed E-state index contributed by atoms with van der Waals surface area (Å²) in [6.07, 6.45) is 1.13. The van der Waals surface area contributed by atoms with Crippen LogP contribution in [0.1, 0.15) is 23.5 Å². The largest absolute Gasteiger partial charge is 0.497 e. The molecule has 4 nitrogen and oxygen atoms in total. The van der Waals surface area contributed by atoms with Gasteiger partial charge in [0, 0.05) is 30.7 Å². The summed E-state index contributed by atoms with van der Waals surface area (Å²) in [4.78, 5) is 0. The predicted molar refractivity (Wildman–Crippen MR) is 70.5 cm³/mol. The molecule has 100 valence electrons. The maximum absolute atomic E-state index is 5.58. The van der Waals surface area contributed by atoms with Crippen molar-refractivity contribution in [2.24, 2.45) is 0 Å². The van der Waals surface area contributed by atoms with Crippen LogP contribution in [0.5, 0.6) is 11.5 Å². The summed E-state index contributed by atoms with van der Waals surface area (Å²) in [5.41, 5.74) is 2.26. The van der Waals surface area contributed by atoms with Crippen LogP contribution in [0.2, 0.25) is 0 Å². The monoisotopic (exact) mass is 251 g/mol. The highest BCUT2D eigenvalue weighted by atomic mass is 16.5. The molecule has 1 unspecified atom stereocenters. The molecular weight excluding hydrogens is 230 g/mol. The lowest BCUT2D eigenvalue weighted by Gasteiger charge is -2.18. The molecule has 1 saturated heterocycles. The Bertz CT molecular complexity index is 400. The second kappa shape index (κ2) is 6.07. The van der Waals surface area contributed by atoms with Crippen LogP contribution in [0.3, 0.4) is 0 Å². The molecule has 0 radical (unpaired) electrons. The van der Waals surface area contributed by atoms with Crippen molar-refractivity contribution in [2.75, 3.05) is 34.4 Å². The molecule has 4 heteroatoms. The third-order valence-electron chi connectivity index (χ3n) is 3.41. The van der Waals surface area contributed by atoms with E-state index >= 15 is 0 Å². The van der Waals surface area contributed by atoms with Crippen LogP contribution >= 0.6 is 0 Å².